The van der Waals surface area contributed by atoms with E-state index in [-0.39, 0.29) is 11.9 Å². The van der Waals surface area contributed by atoms with E-state index in [1.165, 1.54) is 0 Å². The molecular formula is C21H22N4O4. The second kappa shape index (κ2) is 8.22. The molecule has 1 N–H and O–H groups in total. The van der Waals surface area contributed by atoms with Gasteiger partial charge in [0, 0.05) is 25.1 Å². The number of para-hydroxylation sites is 3. The maximum absolute atomic E-state index is 12.4. The van der Waals surface area contributed by atoms with E-state index < -0.39 is 0 Å². The lowest BCUT2D eigenvalue weighted by Crippen LogP contribution is -2.50. The van der Waals surface area contributed by atoms with Gasteiger partial charge in [-0.15, -0.1) is 0 Å². The molecule has 29 heavy (non-hydrogen) atoms. The van der Waals surface area contributed by atoms with Crippen molar-refractivity contribution in [2.24, 2.45) is 0 Å². The first-order valence-corrected chi connectivity index (χ1v) is 9.31. The molecule has 0 bridgehead atoms. The lowest BCUT2D eigenvalue weighted by atomic mass is 10.0. The van der Waals surface area contributed by atoms with E-state index >= 15 is 0 Å². The summed E-state index contributed by atoms with van der Waals surface area (Å²) in [5.74, 6) is 2.60. The number of methoxy groups -OCH3 is 2. The van der Waals surface area contributed by atoms with E-state index in [0.29, 0.717) is 42.7 Å². The molecule has 4 rings (SSSR count). The van der Waals surface area contributed by atoms with E-state index in [1.807, 2.05) is 36.4 Å². The van der Waals surface area contributed by atoms with Gasteiger partial charge in [-0.05, 0) is 18.2 Å². The lowest BCUT2D eigenvalue weighted by Gasteiger charge is -2.36. The second-order valence-corrected chi connectivity index (χ2v) is 6.77. The smallest absolute Gasteiger partial charge is 0.321 e. The van der Waals surface area contributed by atoms with Crippen molar-refractivity contribution in [2.75, 3.05) is 32.6 Å². The summed E-state index contributed by atoms with van der Waals surface area (Å²) in [5, 5.41) is 6.94. The molecule has 0 atom stereocenters. The Kier molecular flexibility index (Phi) is 5.33. The van der Waals surface area contributed by atoms with E-state index in [0.717, 1.165) is 11.3 Å². The third kappa shape index (κ3) is 4.01. The van der Waals surface area contributed by atoms with Crippen molar-refractivity contribution in [3.05, 3.63) is 65.8 Å². The molecule has 3 aromatic rings. The number of nitrogens with one attached hydrogen (secondary N) is 1. The number of carbonyl (C=O) groups excluding carboxylic acids is 1. The van der Waals surface area contributed by atoms with Crippen LogP contribution in [0, 0.1) is 0 Å². The van der Waals surface area contributed by atoms with Crippen LogP contribution in [0.2, 0.25) is 0 Å². The number of urea groups is 1. The van der Waals surface area contributed by atoms with Gasteiger partial charge in [0.25, 0.3) is 0 Å². The van der Waals surface area contributed by atoms with E-state index in [2.05, 4.69) is 15.5 Å². The SMILES string of the molecule is COc1ccccc1Cc1noc(C2CN(C(=O)Nc3ccccc3OC)C2)n1. The fraction of sp³-hybridized carbons (Fsp3) is 0.286. The van der Waals surface area contributed by atoms with Crippen molar-refractivity contribution in [1.29, 1.82) is 0 Å². The largest absolute Gasteiger partial charge is 0.496 e. The zero-order valence-electron chi connectivity index (χ0n) is 16.3. The van der Waals surface area contributed by atoms with E-state index in [9.17, 15) is 4.79 Å². The minimum atomic E-state index is -0.181. The quantitative estimate of drug-likeness (QED) is 0.690. The van der Waals surface area contributed by atoms with Gasteiger partial charge < -0.3 is 24.2 Å². The fourth-order valence-electron chi connectivity index (χ4n) is 3.27. The van der Waals surface area contributed by atoms with Crippen molar-refractivity contribution in [3.8, 4) is 11.5 Å². The highest BCUT2D eigenvalue weighted by Crippen LogP contribution is 2.29. The summed E-state index contributed by atoms with van der Waals surface area (Å²) in [6.45, 7) is 1.05. The molecule has 2 aromatic carbocycles. The average Bonchev–Trinajstić information content (AvgIpc) is 3.15. The van der Waals surface area contributed by atoms with Crippen LogP contribution in [0.4, 0.5) is 10.5 Å². The molecule has 8 heteroatoms. The summed E-state index contributed by atoms with van der Waals surface area (Å²) >= 11 is 0. The number of hydrogen-bond acceptors (Lipinski definition) is 6. The molecule has 2 heterocycles. The number of rotatable bonds is 6. The summed E-state index contributed by atoms with van der Waals surface area (Å²) in [6, 6.07) is 14.9. The van der Waals surface area contributed by atoms with Crippen LogP contribution < -0.4 is 14.8 Å². The Labute approximate surface area is 168 Å². The van der Waals surface area contributed by atoms with Crippen molar-refractivity contribution in [2.45, 2.75) is 12.3 Å². The number of amides is 2. The van der Waals surface area contributed by atoms with Gasteiger partial charge in [-0.1, -0.05) is 35.5 Å². The maximum atomic E-state index is 12.4. The third-order valence-corrected chi connectivity index (χ3v) is 4.89. The second-order valence-electron chi connectivity index (χ2n) is 6.77. The van der Waals surface area contributed by atoms with Crippen molar-refractivity contribution in [3.63, 3.8) is 0 Å². The summed E-state index contributed by atoms with van der Waals surface area (Å²) in [7, 11) is 3.21. The standard InChI is InChI=1S/C21H22N4O4/c1-27-17-9-5-3-7-14(17)11-19-23-20(29-24-19)15-12-25(13-15)21(26)22-16-8-4-6-10-18(16)28-2/h3-10,15H,11-13H2,1-2H3,(H,22,26). The van der Waals surface area contributed by atoms with Gasteiger partial charge in [0.1, 0.15) is 11.5 Å². The zero-order chi connectivity index (χ0) is 20.2. The zero-order valence-corrected chi connectivity index (χ0v) is 16.3. The number of nitrogens with zero attached hydrogens (tertiary/aromatic N) is 3. The van der Waals surface area contributed by atoms with Crippen molar-refractivity contribution in [1.82, 2.24) is 15.0 Å². The molecule has 0 aliphatic carbocycles. The highest BCUT2D eigenvalue weighted by Gasteiger charge is 2.36. The molecule has 2 amide bonds. The molecule has 1 aromatic heterocycles. The van der Waals surface area contributed by atoms with Crippen LogP contribution in [0.15, 0.2) is 53.1 Å². The highest BCUT2D eigenvalue weighted by atomic mass is 16.5. The summed E-state index contributed by atoms with van der Waals surface area (Å²) in [4.78, 5) is 18.6. The number of carbonyl (C=O) groups is 1. The Morgan fingerprint density at radius 2 is 1.79 bits per heavy atom. The number of anilines is 1. The van der Waals surface area contributed by atoms with Crippen LogP contribution in [0.3, 0.4) is 0 Å². The van der Waals surface area contributed by atoms with Crippen LogP contribution in [0.5, 0.6) is 11.5 Å². The topological polar surface area (TPSA) is 89.7 Å². The van der Waals surface area contributed by atoms with Gasteiger partial charge >= 0.3 is 6.03 Å². The summed E-state index contributed by atoms with van der Waals surface area (Å²) in [6.07, 6.45) is 0.526. The first kappa shape index (κ1) is 18.8. The highest BCUT2D eigenvalue weighted by molar-refractivity contribution is 5.91. The number of benzene rings is 2. The van der Waals surface area contributed by atoms with E-state index in [4.69, 9.17) is 14.0 Å². The molecule has 1 aliphatic rings. The van der Waals surface area contributed by atoms with Crippen molar-refractivity contribution < 1.29 is 18.8 Å². The van der Waals surface area contributed by atoms with E-state index in [1.54, 1.807) is 31.3 Å². The van der Waals surface area contributed by atoms with Gasteiger partial charge in [-0.2, -0.15) is 4.98 Å². The van der Waals surface area contributed by atoms with Gasteiger partial charge in [-0.3, -0.25) is 0 Å². The Hall–Kier alpha value is -3.55. The van der Waals surface area contributed by atoms with Crippen molar-refractivity contribution >= 4 is 11.7 Å². The molecule has 0 spiro atoms. The molecule has 0 unspecified atom stereocenters. The molecule has 150 valence electrons. The molecule has 1 saturated heterocycles. The van der Waals surface area contributed by atoms with Crippen LogP contribution >= 0.6 is 0 Å². The Morgan fingerprint density at radius 3 is 2.55 bits per heavy atom. The first-order chi connectivity index (χ1) is 14.2. The molecular weight excluding hydrogens is 372 g/mol. The average molecular weight is 394 g/mol. The number of hydrogen-bond donors (Lipinski definition) is 1. The van der Waals surface area contributed by atoms with Gasteiger partial charge in [0.2, 0.25) is 5.89 Å². The molecule has 0 radical (unpaired) electrons. The maximum Gasteiger partial charge on any atom is 0.321 e. The minimum absolute atomic E-state index is 0.0392. The molecule has 0 saturated carbocycles. The van der Waals surface area contributed by atoms with Gasteiger partial charge in [0.05, 0.1) is 25.8 Å². The predicted octanol–water partition coefficient (Wildman–Crippen LogP) is 3.31. The third-order valence-electron chi connectivity index (χ3n) is 4.89. The Morgan fingerprint density at radius 1 is 1.10 bits per heavy atom. The van der Waals surface area contributed by atoms with Gasteiger partial charge in [-0.25, -0.2) is 4.79 Å². The Balaban J connectivity index is 1.34. The summed E-state index contributed by atoms with van der Waals surface area (Å²) in [5.41, 5.74) is 1.63. The predicted molar refractivity (Wildman–Crippen MR) is 106 cm³/mol. The molecule has 1 fully saturated rings. The molecule has 8 nitrogen and oxygen atoms in total. The number of likely N-dealkylation sites (tertiary alicyclic amines) is 1. The number of ether oxygens (including phenoxy) is 2. The first-order valence-electron chi connectivity index (χ1n) is 9.31. The summed E-state index contributed by atoms with van der Waals surface area (Å²) < 4.78 is 16.0. The Bertz CT molecular complexity index is 998. The van der Waals surface area contributed by atoms with Crippen LogP contribution in [0.1, 0.15) is 23.2 Å². The minimum Gasteiger partial charge on any atom is -0.496 e. The normalized spacial score (nSPS) is 13.7. The lowest BCUT2D eigenvalue weighted by molar-refractivity contribution is 0.147. The number of aromatic nitrogens is 2. The monoisotopic (exact) mass is 394 g/mol. The van der Waals surface area contributed by atoms with Gasteiger partial charge in [0.15, 0.2) is 5.82 Å². The van der Waals surface area contributed by atoms with Crippen LogP contribution in [0.25, 0.3) is 0 Å². The van der Waals surface area contributed by atoms with Crippen LogP contribution in [-0.2, 0) is 6.42 Å². The van der Waals surface area contributed by atoms with Crippen LogP contribution in [-0.4, -0.2) is 48.4 Å². The molecule has 1 aliphatic heterocycles. The fourth-order valence-corrected chi connectivity index (χ4v) is 3.27.